The van der Waals surface area contributed by atoms with Crippen LogP contribution >= 0.6 is 0 Å². The van der Waals surface area contributed by atoms with E-state index in [0.29, 0.717) is 6.92 Å². The van der Waals surface area contributed by atoms with Gasteiger partial charge in [-0.15, -0.1) is 0 Å². The number of primary amides is 5. The summed E-state index contributed by atoms with van der Waals surface area (Å²) in [4.78, 5) is 98.9. The molecule has 5 saturated carbocycles. The molecule has 5 aromatic rings. The molecular weight excluding hydrogens is 1470 g/mol. The van der Waals surface area contributed by atoms with E-state index in [-0.39, 0.29) is 29.7 Å². The minimum atomic E-state index is -4.00. The maximum atomic E-state index is 11.9. The first kappa shape index (κ1) is 45.3. The lowest BCUT2D eigenvalue weighted by atomic mass is 9.85. The molecule has 0 aromatic carbocycles. The number of carbonyl (C=O) groups excluding carboxylic acids is 5. The number of rotatable bonds is 20. The van der Waals surface area contributed by atoms with Crippen molar-refractivity contribution in [1.29, 1.82) is 0 Å². The number of nitrogens with zero attached hydrogens (tertiary/aromatic N) is 10. The van der Waals surface area contributed by atoms with Crippen LogP contribution in [0.5, 0.6) is 0 Å². The van der Waals surface area contributed by atoms with Crippen molar-refractivity contribution in [2.45, 2.75) is 322 Å². The molecule has 15 atom stereocenters. The first-order chi connectivity index (χ1) is 72.2. The molecule has 5 aromatic heterocycles. The molecule has 5 amide bonds. The maximum Gasteiger partial charge on any atom is 0.254 e. The van der Waals surface area contributed by atoms with Gasteiger partial charge in [-0.05, 0) is 229 Å². The largest absolute Gasteiger partial charge is 0.393 e. The lowest BCUT2D eigenvalue weighted by Gasteiger charge is -2.32. The van der Waals surface area contributed by atoms with Crippen molar-refractivity contribution in [1.82, 2.24) is 49.8 Å². The molecule has 5 aliphatic carbocycles. The smallest absolute Gasteiger partial charge is 0.254 e. The fraction of sp³-hybridized carbons (Fsp3) is 0.688. The standard InChI is InChI=1S/5C16H27N5O2/c5*1-9-5-6-10(7-12(9)22)19-14-11(13(17)23)8-18-15(20-14)21-16(2,3)4/h5*8-10,12,22H,5-7H2,1-4H3,(H2,17,23)(H2,18,19,20,21)/i1D2,5D2,6D2,7D2,9D,10D,12D;1D,5D2,6D2,7D2,9D,10D,12D;5D2,6D2,7D2,9D,10D,12D;1D2,5D2,6D2,7D2,10D,12D;1D,5D2,6D2,7D2,10D,12D. The van der Waals surface area contributed by atoms with Crippen molar-refractivity contribution in [3.63, 3.8) is 0 Å². The highest BCUT2D eigenvalue weighted by molar-refractivity contribution is 6.00. The van der Waals surface area contributed by atoms with E-state index >= 15 is 0 Å². The SMILES string of the molecule is [2H]C([2H])C1([2H])C([2H])([2H])C([2H])([2H])C([2H])(Nc2nc(NC(C)(C)C)ncc2C(N)=O)C([2H])([2H])C1([2H])O.[2H]C([2H])C1C([2H])([2H])C([2H])([2H])C([2H])(Nc2nc(NC(C)(C)C)ncc2C(N)=O)C([2H])([2H])C1([2H])O.[2H]C1([2H])C([2H])([2H])C([2H])(Nc2nc(NC(C)(C)C)ncc2C(N)=O)C([2H])([2H])C([2H])(O)C1([2H])C.[2H]CC1([2H])C([2H])([2H])C([2H])([2H])C([2H])(Nc2nc(NC(C)(C)C)ncc2C(N)=O)C([2H])([2H])C1([2H])O.[2H]CC1C([2H])([2H])C([2H])([2H])C([2H])(Nc2nc(NC(C)(C)C)ncc2C(N)=O)C([2H])([2H])C1([2H])O. The highest BCUT2D eigenvalue weighted by atomic mass is 16.3. The van der Waals surface area contributed by atoms with Crippen LogP contribution in [-0.4, -0.2) is 193 Å². The van der Waals surface area contributed by atoms with E-state index in [1.165, 1.54) is 0 Å². The summed E-state index contributed by atoms with van der Waals surface area (Å²) in [7, 11) is 0. The third-order valence-corrected chi connectivity index (χ3v) is 13.4. The van der Waals surface area contributed by atoms with Crippen LogP contribution in [0.1, 0.15) is 353 Å². The van der Waals surface area contributed by atoms with Gasteiger partial charge in [0.1, 0.15) is 29.1 Å². The van der Waals surface area contributed by atoms with Crippen molar-refractivity contribution < 1.29 is 117 Å². The van der Waals surface area contributed by atoms with Gasteiger partial charge >= 0.3 is 0 Å². The van der Waals surface area contributed by atoms with Gasteiger partial charge in [-0.2, -0.15) is 24.9 Å². The number of anilines is 10. The molecule has 0 radical (unpaired) electrons. The zero-order valence-electron chi connectivity index (χ0n) is 115. The topological polar surface area (TPSA) is 566 Å². The molecule has 0 spiro atoms. The predicted octanol–water partition coefficient (Wildman–Crippen LogP) is 8.74. The highest BCUT2D eigenvalue weighted by Gasteiger charge is 2.34. The predicted molar refractivity (Wildman–Crippen MR) is 452 cm³/mol. The summed E-state index contributed by atoms with van der Waals surface area (Å²) in [6, 6.07) is -17.5. The number of nitrogens with one attached hydrogen (secondary N) is 10. The lowest BCUT2D eigenvalue weighted by Crippen LogP contribution is -2.36. The molecule has 115 heavy (non-hydrogen) atoms. The van der Waals surface area contributed by atoms with Crippen LogP contribution in [0.4, 0.5) is 58.8 Å². The number of carbonyl (C=O) groups is 5. The fourth-order valence-electron chi connectivity index (χ4n) is 8.39. The maximum absolute atomic E-state index is 11.9. The summed E-state index contributed by atoms with van der Waals surface area (Å²) in [6.07, 6.45) is -67.3. The molecule has 25 N–H and O–H groups in total. The van der Waals surface area contributed by atoms with Crippen LogP contribution in [0.2, 0.25) is 0 Å². The van der Waals surface area contributed by atoms with Crippen molar-refractivity contribution >= 4 is 88.4 Å². The Kier molecular flexibility index (Phi) is 16.1. The van der Waals surface area contributed by atoms with E-state index in [4.69, 9.17) is 95.8 Å². The second-order valence-electron chi connectivity index (χ2n) is 29.8. The molecule has 5 heterocycles. The molecule has 5 aliphatic rings. The molecule has 5 fully saturated rings. The van der Waals surface area contributed by atoms with E-state index in [1.807, 2.05) is 10.6 Å². The number of aromatic nitrogens is 10. The van der Waals surface area contributed by atoms with Crippen LogP contribution in [0.25, 0.3) is 0 Å². The van der Waals surface area contributed by atoms with Gasteiger partial charge in [0, 0.05) is 142 Å². The zero-order valence-corrected chi connectivity index (χ0v) is 65.7. The van der Waals surface area contributed by atoms with E-state index in [1.54, 1.807) is 104 Å². The van der Waals surface area contributed by atoms with Gasteiger partial charge in [-0.3, -0.25) is 24.0 Å². The second kappa shape index (κ2) is 40.9. The van der Waals surface area contributed by atoms with Gasteiger partial charge in [0.2, 0.25) is 29.7 Å². The Balaban J connectivity index is 0.000000311. The molecular formula is C80H135N25O10. The van der Waals surface area contributed by atoms with Crippen molar-refractivity contribution in [2.24, 2.45) is 58.2 Å². The number of hydrogen-bond acceptors (Lipinski definition) is 30. The first-order valence-electron chi connectivity index (χ1n) is 59.4. The summed E-state index contributed by atoms with van der Waals surface area (Å²) in [5, 5.41) is 77.8. The Morgan fingerprint density at radius 2 is 0.565 bits per heavy atom. The number of hydrogen-bond donors (Lipinski definition) is 20. The van der Waals surface area contributed by atoms with Crippen LogP contribution in [0.15, 0.2) is 31.0 Å². The molecule has 640 valence electrons. The van der Waals surface area contributed by atoms with E-state index in [0.717, 1.165) is 31.0 Å². The third kappa shape index (κ3) is 31.9. The monoisotopic (exact) mass is 1660 g/mol. The van der Waals surface area contributed by atoms with Gasteiger partial charge in [0.25, 0.3) is 29.5 Å². The third-order valence-electron chi connectivity index (χ3n) is 13.4. The lowest BCUT2D eigenvalue weighted by molar-refractivity contribution is 0.0737. The first-order valence-corrected chi connectivity index (χ1v) is 34.2. The minimum absolute atomic E-state index is 0.0845. The van der Waals surface area contributed by atoms with Crippen molar-refractivity contribution in [3.8, 4) is 0 Å². The zero-order chi connectivity index (χ0) is 129. The molecule has 15 unspecified atom stereocenters. The Labute approximate surface area is 747 Å². The summed E-state index contributed by atoms with van der Waals surface area (Å²) in [5.74, 6) is -24.1. The Morgan fingerprint density at radius 1 is 0.339 bits per heavy atom. The van der Waals surface area contributed by atoms with Crippen LogP contribution in [-0.2, 0) is 0 Å². The Bertz CT molecular complexity index is 6300. The van der Waals surface area contributed by atoms with E-state index < -0.39 is 327 Å². The summed E-state index contributed by atoms with van der Waals surface area (Å²) >= 11 is 0. The quantitative estimate of drug-likeness (QED) is 0.0346. The highest BCUT2D eigenvalue weighted by Crippen LogP contribution is 2.34. The average Bonchev–Trinajstić information content (AvgIpc) is 0.654. The van der Waals surface area contributed by atoms with Gasteiger partial charge in [-0.25, -0.2) is 24.9 Å². The molecule has 0 bridgehead atoms. The molecule has 35 heteroatoms. The minimum Gasteiger partial charge on any atom is -0.393 e. The molecule has 35 nitrogen and oxygen atoms in total. The summed E-state index contributed by atoms with van der Waals surface area (Å²) < 4.78 is 401. The number of nitrogens with two attached hydrogens (primary N) is 5. The Morgan fingerprint density at radius 3 is 0.809 bits per heavy atom. The van der Waals surface area contributed by atoms with Crippen LogP contribution in [0, 0.1) is 29.5 Å². The fourth-order valence-corrected chi connectivity index (χ4v) is 8.39. The summed E-state index contributed by atoms with van der Waals surface area (Å²) in [6.45, 7) is 19.5. The number of amides is 5. The number of aliphatic hydroxyl groups is 5. The van der Waals surface area contributed by atoms with Crippen molar-refractivity contribution in [3.05, 3.63) is 58.8 Å². The van der Waals surface area contributed by atoms with E-state index in [2.05, 4.69) is 92.4 Å². The van der Waals surface area contributed by atoms with Gasteiger partial charge in [0.05, 0.1) is 71.9 Å². The molecule has 10 rings (SSSR count). The van der Waals surface area contributed by atoms with E-state index in [9.17, 15) is 49.5 Å². The molecule has 0 aliphatic heterocycles. The van der Waals surface area contributed by atoms with Gasteiger partial charge in [0.15, 0.2) is 0 Å². The Hall–Kier alpha value is -9.45. The van der Waals surface area contributed by atoms with Gasteiger partial charge in [-0.1, -0.05) is 34.5 Å². The second-order valence-corrected chi connectivity index (χ2v) is 29.8. The van der Waals surface area contributed by atoms with Crippen LogP contribution < -0.4 is 81.8 Å². The van der Waals surface area contributed by atoms with Gasteiger partial charge < -0.3 is 107 Å². The normalized spacial score (nSPS) is 46.2. The molecule has 0 saturated heterocycles. The average molecular weight is 1660 g/mol. The van der Waals surface area contributed by atoms with Crippen molar-refractivity contribution in [2.75, 3.05) is 53.2 Å². The van der Waals surface area contributed by atoms with Crippen LogP contribution in [0.3, 0.4) is 0 Å². The summed E-state index contributed by atoms with van der Waals surface area (Å²) in [5.41, 5.74) is 21.2.